The summed E-state index contributed by atoms with van der Waals surface area (Å²) in [6.45, 7) is 8.85. The summed E-state index contributed by atoms with van der Waals surface area (Å²) in [6, 6.07) is 15.7. The van der Waals surface area contributed by atoms with Crippen LogP contribution in [0.15, 0.2) is 48.5 Å². The number of rotatable bonds is 4. The van der Waals surface area contributed by atoms with Crippen LogP contribution in [0.5, 0.6) is 0 Å². The maximum atomic E-state index is 12.5. The van der Waals surface area contributed by atoms with Crippen LogP contribution in [0.2, 0.25) is 0 Å². The predicted molar refractivity (Wildman–Crippen MR) is 114 cm³/mol. The van der Waals surface area contributed by atoms with Crippen molar-refractivity contribution in [2.75, 3.05) is 41.7 Å². The maximum Gasteiger partial charge on any atom is 0.321 e. The predicted octanol–water partition coefficient (Wildman–Crippen LogP) is 4.12. The van der Waals surface area contributed by atoms with Gasteiger partial charge in [0.2, 0.25) is 5.91 Å². The van der Waals surface area contributed by atoms with Gasteiger partial charge in [-0.2, -0.15) is 0 Å². The van der Waals surface area contributed by atoms with E-state index in [0.29, 0.717) is 30.4 Å². The molecule has 148 valence electrons. The number of urea groups is 1. The van der Waals surface area contributed by atoms with E-state index in [9.17, 15) is 9.59 Å². The van der Waals surface area contributed by atoms with E-state index in [4.69, 9.17) is 0 Å². The normalized spacial score (nSPS) is 14.1. The monoisotopic (exact) mass is 380 g/mol. The zero-order valence-corrected chi connectivity index (χ0v) is 16.7. The number of benzene rings is 2. The minimum absolute atomic E-state index is 0.0953. The molecule has 1 aliphatic rings. The Labute approximate surface area is 166 Å². The molecule has 6 nitrogen and oxygen atoms in total. The summed E-state index contributed by atoms with van der Waals surface area (Å²) in [7, 11) is 0. The van der Waals surface area contributed by atoms with E-state index in [1.807, 2.05) is 4.90 Å². The van der Waals surface area contributed by atoms with Gasteiger partial charge in [0.25, 0.3) is 0 Å². The minimum Gasteiger partial charge on any atom is -0.368 e. The third-order valence-electron chi connectivity index (χ3n) is 4.95. The Hall–Kier alpha value is -3.02. The highest BCUT2D eigenvalue weighted by atomic mass is 16.2. The van der Waals surface area contributed by atoms with Gasteiger partial charge >= 0.3 is 6.03 Å². The first-order valence-electron chi connectivity index (χ1n) is 9.71. The molecule has 0 spiro atoms. The van der Waals surface area contributed by atoms with Gasteiger partial charge in [0.15, 0.2) is 0 Å². The van der Waals surface area contributed by atoms with Crippen molar-refractivity contribution in [3.63, 3.8) is 0 Å². The molecule has 3 rings (SSSR count). The molecule has 2 N–H and O–H groups in total. The fourth-order valence-corrected chi connectivity index (χ4v) is 3.28. The summed E-state index contributed by atoms with van der Waals surface area (Å²) in [5.41, 5.74) is 3.97. The molecular weight excluding hydrogens is 352 g/mol. The van der Waals surface area contributed by atoms with Gasteiger partial charge in [-0.15, -0.1) is 0 Å². The van der Waals surface area contributed by atoms with Gasteiger partial charge in [0, 0.05) is 50.2 Å². The summed E-state index contributed by atoms with van der Waals surface area (Å²) in [5, 5.41) is 5.63. The van der Waals surface area contributed by atoms with Gasteiger partial charge in [-0.05, 0) is 47.9 Å². The van der Waals surface area contributed by atoms with Crippen LogP contribution in [-0.4, -0.2) is 43.0 Å². The van der Waals surface area contributed by atoms with Crippen molar-refractivity contribution in [3.05, 3.63) is 54.1 Å². The lowest BCUT2D eigenvalue weighted by Gasteiger charge is -2.36. The number of carbonyl (C=O) groups is 2. The molecule has 0 aliphatic carbocycles. The lowest BCUT2D eigenvalue weighted by atomic mass is 10.0. The van der Waals surface area contributed by atoms with E-state index < -0.39 is 0 Å². The average molecular weight is 380 g/mol. The van der Waals surface area contributed by atoms with Gasteiger partial charge in [-0.3, -0.25) is 4.79 Å². The number of nitrogens with one attached hydrogen (secondary N) is 2. The summed E-state index contributed by atoms with van der Waals surface area (Å²) in [6.07, 6.45) is 0. The zero-order chi connectivity index (χ0) is 20.1. The third-order valence-corrected chi connectivity index (χ3v) is 4.95. The van der Waals surface area contributed by atoms with Crippen molar-refractivity contribution in [1.82, 2.24) is 4.90 Å². The second-order valence-corrected chi connectivity index (χ2v) is 7.41. The van der Waals surface area contributed by atoms with E-state index in [0.717, 1.165) is 13.1 Å². The van der Waals surface area contributed by atoms with Crippen molar-refractivity contribution in [2.45, 2.75) is 26.7 Å². The Bertz CT molecular complexity index is 807. The highest BCUT2D eigenvalue weighted by molar-refractivity contribution is 5.91. The molecule has 6 heteroatoms. The summed E-state index contributed by atoms with van der Waals surface area (Å²) < 4.78 is 0. The lowest BCUT2D eigenvalue weighted by molar-refractivity contribution is -0.114. The van der Waals surface area contributed by atoms with Crippen molar-refractivity contribution in [1.29, 1.82) is 0 Å². The number of anilines is 3. The van der Waals surface area contributed by atoms with Gasteiger partial charge in [0.1, 0.15) is 0 Å². The molecule has 2 aromatic carbocycles. The molecule has 1 fully saturated rings. The SMILES string of the molecule is CC(=O)Nc1ccc(NC(=O)N2CCN(c3ccc(C(C)C)cc3)CC2)cc1. The first kappa shape index (κ1) is 19.7. The number of piperazine rings is 1. The molecule has 0 atom stereocenters. The van der Waals surface area contributed by atoms with Crippen LogP contribution in [0.25, 0.3) is 0 Å². The van der Waals surface area contributed by atoms with Crippen LogP contribution in [0.1, 0.15) is 32.3 Å². The van der Waals surface area contributed by atoms with Gasteiger partial charge in [0.05, 0.1) is 0 Å². The van der Waals surface area contributed by atoms with Crippen LogP contribution < -0.4 is 15.5 Å². The topological polar surface area (TPSA) is 64.7 Å². The molecule has 0 aromatic heterocycles. The fourth-order valence-electron chi connectivity index (χ4n) is 3.28. The lowest BCUT2D eigenvalue weighted by Crippen LogP contribution is -2.50. The Morgan fingerprint density at radius 1 is 0.821 bits per heavy atom. The Morgan fingerprint density at radius 3 is 1.86 bits per heavy atom. The van der Waals surface area contributed by atoms with Crippen LogP contribution >= 0.6 is 0 Å². The van der Waals surface area contributed by atoms with E-state index in [1.165, 1.54) is 18.2 Å². The third kappa shape index (κ3) is 5.03. The van der Waals surface area contributed by atoms with Crippen LogP contribution in [-0.2, 0) is 4.79 Å². The van der Waals surface area contributed by atoms with Crippen LogP contribution in [0.3, 0.4) is 0 Å². The zero-order valence-electron chi connectivity index (χ0n) is 16.7. The Kier molecular flexibility index (Phi) is 6.19. The molecule has 2 aromatic rings. The summed E-state index contributed by atoms with van der Waals surface area (Å²) >= 11 is 0. The number of hydrogen-bond acceptors (Lipinski definition) is 3. The highest BCUT2D eigenvalue weighted by Gasteiger charge is 2.21. The second-order valence-electron chi connectivity index (χ2n) is 7.41. The van der Waals surface area contributed by atoms with Crippen molar-refractivity contribution in [3.8, 4) is 0 Å². The average Bonchev–Trinajstić information content (AvgIpc) is 2.69. The molecule has 3 amide bonds. The number of nitrogens with zero attached hydrogens (tertiary/aromatic N) is 2. The number of hydrogen-bond donors (Lipinski definition) is 2. The number of carbonyl (C=O) groups excluding carboxylic acids is 2. The minimum atomic E-state index is -0.117. The van der Waals surface area contributed by atoms with Gasteiger partial charge in [-0.1, -0.05) is 26.0 Å². The smallest absolute Gasteiger partial charge is 0.321 e. The Morgan fingerprint density at radius 2 is 1.36 bits per heavy atom. The molecule has 1 saturated heterocycles. The second kappa shape index (κ2) is 8.78. The van der Waals surface area contributed by atoms with Crippen molar-refractivity contribution >= 4 is 29.0 Å². The fraction of sp³-hybridized carbons (Fsp3) is 0.364. The molecular formula is C22H28N4O2. The number of amides is 3. The first-order valence-corrected chi connectivity index (χ1v) is 9.71. The molecule has 0 unspecified atom stereocenters. The maximum absolute atomic E-state index is 12.5. The molecule has 1 heterocycles. The van der Waals surface area contributed by atoms with E-state index >= 15 is 0 Å². The van der Waals surface area contributed by atoms with E-state index in [2.05, 4.69) is 53.6 Å². The van der Waals surface area contributed by atoms with E-state index in [-0.39, 0.29) is 11.9 Å². The largest absolute Gasteiger partial charge is 0.368 e. The van der Waals surface area contributed by atoms with E-state index in [1.54, 1.807) is 24.3 Å². The Balaban J connectivity index is 1.51. The van der Waals surface area contributed by atoms with Crippen molar-refractivity contribution < 1.29 is 9.59 Å². The quantitative estimate of drug-likeness (QED) is 0.838. The molecule has 28 heavy (non-hydrogen) atoms. The van der Waals surface area contributed by atoms with Crippen LogP contribution in [0, 0.1) is 0 Å². The first-order chi connectivity index (χ1) is 13.4. The standard InChI is InChI=1S/C22H28N4O2/c1-16(2)18-4-10-21(11-5-18)25-12-14-26(15-13-25)22(28)24-20-8-6-19(7-9-20)23-17(3)27/h4-11,16H,12-15H2,1-3H3,(H,23,27)(H,24,28). The molecule has 0 bridgehead atoms. The van der Waals surface area contributed by atoms with Crippen LogP contribution in [0.4, 0.5) is 21.9 Å². The molecule has 0 saturated carbocycles. The van der Waals surface area contributed by atoms with Crippen molar-refractivity contribution in [2.24, 2.45) is 0 Å². The summed E-state index contributed by atoms with van der Waals surface area (Å²) in [4.78, 5) is 27.7. The van der Waals surface area contributed by atoms with Gasteiger partial charge < -0.3 is 20.4 Å². The van der Waals surface area contributed by atoms with Gasteiger partial charge in [-0.25, -0.2) is 4.79 Å². The summed E-state index contributed by atoms with van der Waals surface area (Å²) in [5.74, 6) is 0.412. The molecule has 1 aliphatic heterocycles. The highest BCUT2D eigenvalue weighted by Crippen LogP contribution is 2.21. The molecule has 0 radical (unpaired) electrons.